The Morgan fingerprint density at radius 1 is 1.15 bits per heavy atom. The number of fused-ring (bicyclic) bond motifs is 3. The van der Waals surface area contributed by atoms with Crippen molar-refractivity contribution in [1.29, 1.82) is 0 Å². The first-order chi connectivity index (χ1) is 15.8. The lowest BCUT2D eigenvalue weighted by atomic mass is 9.97. The minimum Gasteiger partial charge on any atom is -0.462 e. The number of ether oxygens (including phenoxy) is 1. The van der Waals surface area contributed by atoms with Crippen molar-refractivity contribution < 1.29 is 14.3 Å². The van der Waals surface area contributed by atoms with Crippen molar-refractivity contribution in [3.8, 4) is 0 Å². The van der Waals surface area contributed by atoms with E-state index >= 15 is 0 Å². The molecule has 1 amide bonds. The van der Waals surface area contributed by atoms with Crippen LogP contribution in [-0.2, 0) is 22.4 Å². The van der Waals surface area contributed by atoms with E-state index in [-0.39, 0.29) is 17.6 Å². The van der Waals surface area contributed by atoms with E-state index in [1.807, 2.05) is 13.8 Å². The molecule has 0 saturated carbocycles. The summed E-state index contributed by atoms with van der Waals surface area (Å²) < 4.78 is 5.20. The van der Waals surface area contributed by atoms with Crippen LogP contribution in [0, 0.1) is 13.8 Å². The van der Waals surface area contributed by atoms with Crippen molar-refractivity contribution in [2.45, 2.75) is 71.2 Å². The molecule has 0 unspecified atom stereocenters. The van der Waals surface area contributed by atoms with Gasteiger partial charge in [-0.1, -0.05) is 25.6 Å². The van der Waals surface area contributed by atoms with Gasteiger partial charge in [0.1, 0.15) is 20.7 Å². The van der Waals surface area contributed by atoms with Gasteiger partial charge in [0, 0.05) is 21.1 Å². The molecule has 0 fully saturated rings. The van der Waals surface area contributed by atoms with Crippen LogP contribution >= 0.6 is 34.4 Å². The van der Waals surface area contributed by atoms with E-state index in [4.69, 9.17) is 14.7 Å². The third kappa shape index (κ3) is 4.95. The van der Waals surface area contributed by atoms with Gasteiger partial charge in [0.2, 0.25) is 5.91 Å². The number of nitrogens with zero attached hydrogens (tertiary/aromatic N) is 2. The van der Waals surface area contributed by atoms with Crippen molar-refractivity contribution in [2.75, 3.05) is 17.7 Å². The Morgan fingerprint density at radius 3 is 2.64 bits per heavy atom. The first-order valence-electron chi connectivity index (χ1n) is 11.3. The molecule has 33 heavy (non-hydrogen) atoms. The topological polar surface area (TPSA) is 81.2 Å². The highest BCUT2D eigenvalue weighted by Gasteiger charge is 2.24. The molecule has 9 heteroatoms. The largest absolute Gasteiger partial charge is 0.462 e. The average molecular weight is 504 g/mol. The number of aryl methyl sites for hydroxylation is 3. The molecule has 0 bridgehead atoms. The number of hydrogen-bond donors (Lipinski definition) is 1. The predicted octanol–water partition coefficient (Wildman–Crippen LogP) is 6.28. The van der Waals surface area contributed by atoms with Gasteiger partial charge in [-0.05, 0) is 57.6 Å². The van der Waals surface area contributed by atoms with E-state index in [0.29, 0.717) is 17.2 Å². The normalized spacial score (nSPS) is 13.4. The van der Waals surface area contributed by atoms with Crippen molar-refractivity contribution >= 4 is 61.5 Å². The second kappa shape index (κ2) is 10.1. The summed E-state index contributed by atoms with van der Waals surface area (Å²) in [5.41, 5.74) is 2.68. The summed E-state index contributed by atoms with van der Waals surface area (Å²) >= 11 is 4.64. The monoisotopic (exact) mass is 503 g/mol. The Labute approximate surface area is 206 Å². The Balaban J connectivity index is 1.58. The number of thiophene rings is 2. The Hall–Kier alpha value is -1.97. The van der Waals surface area contributed by atoms with Gasteiger partial charge >= 0.3 is 5.97 Å². The lowest BCUT2D eigenvalue weighted by molar-refractivity contribution is -0.113. The van der Waals surface area contributed by atoms with Crippen LogP contribution in [-0.4, -0.2) is 34.2 Å². The molecular weight excluding hydrogens is 474 g/mol. The van der Waals surface area contributed by atoms with Gasteiger partial charge in [0.05, 0.1) is 17.9 Å². The number of nitrogens with one attached hydrogen (secondary N) is 1. The predicted molar refractivity (Wildman–Crippen MR) is 137 cm³/mol. The Kier molecular flexibility index (Phi) is 7.40. The molecule has 1 N–H and O–H groups in total. The number of thioether (sulfide) groups is 1. The zero-order valence-corrected chi connectivity index (χ0v) is 22.1. The highest BCUT2D eigenvalue weighted by atomic mass is 32.2. The standard InChI is InChI=1S/C24H29N3O3S3/c1-6-30-24(29)18-13(4)14(5)32-22(18)25-17(28)11-31-21-19-15-9-7-8-10-16(15)33-23(19)27-20(26-21)12(2)3/h12H,6-11H2,1-5H3,(H,25,28). The third-order valence-corrected chi connectivity index (χ3v) is 9.06. The lowest BCUT2D eigenvalue weighted by Crippen LogP contribution is -2.16. The summed E-state index contributed by atoms with van der Waals surface area (Å²) in [6.45, 7) is 10.1. The number of amides is 1. The van der Waals surface area contributed by atoms with Crippen LogP contribution in [0.15, 0.2) is 5.03 Å². The third-order valence-electron chi connectivity index (χ3n) is 5.77. The SMILES string of the molecule is CCOC(=O)c1c(NC(=O)CSc2nc(C(C)C)nc3sc4c(c23)CCCC4)sc(C)c1C. The summed E-state index contributed by atoms with van der Waals surface area (Å²) in [4.78, 5) is 38.5. The number of carbonyl (C=O) groups is 2. The molecule has 3 aromatic heterocycles. The fraction of sp³-hybridized carbons (Fsp3) is 0.500. The van der Waals surface area contributed by atoms with Gasteiger partial charge in [-0.2, -0.15) is 0 Å². The van der Waals surface area contributed by atoms with Crippen molar-refractivity contribution in [2.24, 2.45) is 0 Å². The highest BCUT2D eigenvalue weighted by Crippen LogP contribution is 2.40. The fourth-order valence-corrected chi connectivity index (χ4v) is 7.22. The first kappa shape index (κ1) is 24.2. The molecule has 4 rings (SSSR count). The van der Waals surface area contributed by atoms with E-state index in [1.54, 1.807) is 18.3 Å². The van der Waals surface area contributed by atoms with E-state index in [2.05, 4.69) is 19.2 Å². The summed E-state index contributed by atoms with van der Waals surface area (Å²) in [6.07, 6.45) is 4.56. The Bertz CT molecular complexity index is 1210. The number of esters is 1. The van der Waals surface area contributed by atoms with E-state index in [0.717, 1.165) is 44.3 Å². The molecule has 0 aliphatic heterocycles. The molecule has 6 nitrogen and oxygen atoms in total. The fourth-order valence-electron chi connectivity index (χ4n) is 3.96. The van der Waals surface area contributed by atoms with Gasteiger partial charge in [-0.3, -0.25) is 4.79 Å². The number of carbonyl (C=O) groups excluding carboxylic acids is 2. The Morgan fingerprint density at radius 2 is 1.91 bits per heavy atom. The van der Waals surface area contributed by atoms with Crippen LogP contribution in [0.25, 0.3) is 10.2 Å². The van der Waals surface area contributed by atoms with E-state index in [1.165, 1.54) is 46.4 Å². The number of aromatic nitrogens is 2. The van der Waals surface area contributed by atoms with Gasteiger partial charge in [0.25, 0.3) is 0 Å². The zero-order valence-electron chi connectivity index (χ0n) is 19.7. The minimum absolute atomic E-state index is 0.159. The smallest absolute Gasteiger partial charge is 0.341 e. The van der Waals surface area contributed by atoms with Crippen LogP contribution in [0.4, 0.5) is 5.00 Å². The molecule has 1 aliphatic carbocycles. The second-order valence-electron chi connectivity index (χ2n) is 8.48. The molecule has 0 saturated heterocycles. The number of hydrogen-bond acceptors (Lipinski definition) is 8. The molecule has 0 radical (unpaired) electrons. The maximum absolute atomic E-state index is 12.9. The quantitative estimate of drug-likeness (QED) is 0.232. The van der Waals surface area contributed by atoms with Crippen molar-refractivity contribution in [3.63, 3.8) is 0 Å². The average Bonchev–Trinajstić information content (AvgIpc) is 3.28. The molecule has 3 aromatic rings. The molecule has 1 aliphatic rings. The van der Waals surface area contributed by atoms with Gasteiger partial charge in [0.15, 0.2) is 0 Å². The summed E-state index contributed by atoms with van der Waals surface area (Å²) in [7, 11) is 0. The molecule has 0 aromatic carbocycles. The zero-order chi connectivity index (χ0) is 23.7. The summed E-state index contributed by atoms with van der Waals surface area (Å²) in [5.74, 6) is 0.691. The van der Waals surface area contributed by atoms with Crippen LogP contribution in [0.1, 0.15) is 76.6 Å². The van der Waals surface area contributed by atoms with Gasteiger partial charge < -0.3 is 10.1 Å². The van der Waals surface area contributed by atoms with Crippen LogP contribution < -0.4 is 5.32 Å². The van der Waals surface area contributed by atoms with Crippen LogP contribution in [0.3, 0.4) is 0 Å². The van der Waals surface area contributed by atoms with Gasteiger partial charge in [-0.15, -0.1) is 22.7 Å². The first-order valence-corrected chi connectivity index (χ1v) is 13.9. The maximum Gasteiger partial charge on any atom is 0.341 e. The van der Waals surface area contributed by atoms with Crippen molar-refractivity contribution in [3.05, 3.63) is 32.3 Å². The van der Waals surface area contributed by atoms with E-state index in [9.17, 15) is 9.59 Å². The summed E-state index contributed by atoms with van der Waals surface area (Å²) in [6, 6.07) is 0. The molecular formula is C24H29N3O3S3. The molecule has 0 spiro atoms. The van der Waals surface area contributed by atoms with Crippen LogP contribution in [0.2, 0.25) is 0 Å². The van der Waals surface area contributed by atoms with E-state index < -0.39 is 5.97 Å². The maximum atomic E-state index is 12.9. The number of anilines is 1. The van der Waals surface area contributed by atoms with Gasteiger partial charge in [-0.25, -0.2) is 14.8 Å². The lowest BCUT2D eigenvalue weighted by Gasteiger charge is -2.13. The molecule has 3 heterocycles. The van der Waals surface area contributed by atoms with Crippen molar-refractivity contribution in [1.82, 2.24) is 9.97 Å². The van der Waals surface area contributed by atoms with Crippen LogP contribution in [0.5, 0.6) is 0 Å². The molecule has 176 valence electrons. The second-order valence-corrected chi connectivity index (χ2v) is 11.7. The highest BCUT2D eigenvalue weighted by molar-refractivity contribution is 8.00. The number of rotatable bonds is 7. The summed E-state index contributed by atoms with van der Waals surface area (Å²) in [5, 5.41) is 5.52. The minimum atomic E-state index is -0.397. The molecule has 0 atom stereocenters.